The molecule has 160 valence electrons. The van der Waals surface area contributed by atoms with E-state index in [1.165, 1.54) is 12.2 Å². The number of anilines is 1. The van der Waals surface area contributed by atoms with Gasteiger partial charge < -0.3 is 14.8 Å². The highest BCUT2D eigenvalue weighted by Crippen LogP contribution is 2.32. The van der Waals surface area contributed by atoms with Crippen molar-refractivity contribution < 1.29 is 14.3 Å². The Morgan fingerprint density at radius 1 is 1.03 bits per heavy atom. The minimum absolute atomic E-state index is 0.147. The third-order valence-corrected chi connectivity index (χ3v) is 5.32. The Kier molecular flexibility index (Phi) is 6.46. The Morgan fingerprint density at radius 2 is 1.88 bits per heavy atom. The minimum atomic E-state index is -0.414. The summed E-state index contributed by atoms with van der Waals surface area (Å²) in [7, 11) is 0. The third kappa shape index (κ3) is 5.11. The number of phenolic OH excluding ortho intramolecular Hbond substituents is 1. The van der Waals surface area contributed by atoms with Gasteiger partial charge in [0.2, 0.25) is 5.91 Å². The van der Waals surface area contributed by atoms with Crippen molar-refractivity contribution in [1.82, 2.24) is 5.32 Å². The van der Waals surface area contributed by atoms with E-state index in [0.717, 1.165) is 10.8 Å². The number of hydrogen-bond donors (Lipinski definition) is 3. The fraction of sp³-hybridized carbons (Fsp3) is 0. The van der Waals surface area contributed by atoms with Crippen LogP contribution in [0.5, 0.6) is 5.75 Å². The quantitative estimate of drug-likeness (QED) is 0.224. The summed E-state index contributed by atoms with van der Waals surface area (Å²) in [5, 5.41) is 18.1. The molecule has 0 unspecified atom stereocenters. The average Bonchev–Trinajstić information content (AvgIpc) is 3.21. The van der Waals surface area contributed by atoms with Gasteiger partial charge in [0.25, 0.3) is 0 Å². The summed E-state index contributed by atoms with van der Waals surface area (Å²) in [4.78, 5) is 12.3. The van der Waals surface area contributed by atoms with Gasteiger partial charge in [-0.25, -0.2) is 0 Å². The van der Waals surface area contributed by atoms with Gasteiger partial charge in [-0.3, -0.25) is 10.1 Å². The number of carbonyl (C=O) groups excluding carboxylic acids is 1. The predicted molar refractivity (Wildman–Crippen MR) is 133 cm³/mol. The van der Waals surface area contributed by atoms with E-state index in [0.29, 0.717) is 32.8 Å². The maximum atomic E-state index is 12.3. The molecule has 32 heavy (non-hydrogen) atoms. The first-order valence-electron chi connectivity index (χ1n) is 9.46. The van der Waals surface area contributed by atoms with Crippen molar-refractivity contribution in [2.24, 2.45) is 0 Å². The largest absolute Gasteiger partial charge is 0.508 e. The number of phenols is 1. The summed E-state index contributed by atoms with van der Waals surface area (Å²) in [6, 6.07) is 19.2. The van der Waals surface area contributed by atoms with E-state index < -0.39 is 5.91 Å². The molecule has 1 amide bonds. The first kappa shape index (κ1) is 21.9. The zero-order chi connectivity index (χ0) is 22.7. The number of hydrogen-bond acceptors (Lipinski definition) is 4. The van der Waals surface area contributed by atoms with Crippen LogP contribution in [-0.4, -0.2) is 16.1 Å². The molecule has 0 radical (unpaired) electrons. The zero-order valence-corrected chi connectivity index (χ0v) is 18.8. The van der Waals surface area contributed by atoms with E-state index in [4.69, 9.17) is 39.8 Å². The number of amides is 1. The molecule has 0 aliphatic rings. The lowest BCUT2D eigenvalue weighted by atomic mass is 10.1. The number of nitrogens with one attached hydrogen (secondary N) is 2. The molecule has 5 nitrogen and oxygen atoms in total. The predicted octanol–water partition coefficient (Wildman–Crippen LogP) is 6.64. The molecular formula is C24H16Cl2N2O3S. The van der Waals surface area contributed by atoms with E-state index in [-0.39, 0.29) is 10.9 Å². The number of rotatable bonds is 4. The summed E-state index contributed by atoms with van der Waals surface area (Å²) >= 11 is 17.4. The number of halogens is 2. The SMILES string of the molecule is O=C(/C=C/c1ccc(-c2ccc(Cl)cc2Cl)o1)NC(=S)Nc1cccc2cc(O)ccc12. The highest BCUT2D eigenvalue weighted by molar-refractivity contribution is 7.80. The highest BCUT2D eigenvalue weighted by Gasteiger charge is 2.09. The van der Waals surface area contributed by atoms with Crippen molar-refractivity contribution in [2.45, 2.75) is 0 Å². The second-order valence-corrected chi connectivity index (χ2v) is 8.07. The Balaban J connectivity index is 1.40. The van der Waals surface area contributed by atoms with Gasteiger partial charge in [-0.15, -0.1) is 0 Å². The highest BCUT2D eigenvalue weighted by atomic mass is 35.5. The molecule has 1 heterocycles. The van der Waals surface area contributed by atoms with Crippen LogP contribution in [0.1, 0.15) is 5.76 Å². The van der Waals surface area contributed by atoms with Gasteiger partial charge in [-0.1, -0.05) is 35.3 Å². The van der Waals surface area contributed by atoms with Crippen molar-refractivity contribution >= 4 is 69.0 Å². The van der Waals surface area contributed by atoms with Crippen LogP contribution in [0, 0.1) is 0 Å². The number of fused-ring (bicyclic) bond motifs is 1. The minimum Gasteiger partial charge on any atom is -0.508 e. The van der Waals surface area contributed by atoms with Crippen LogP contribution < -0.4 is 10.6 Å². The topological polar surface area (TPSA) is 74.5 Å². The van der Waals surface area contributed by atoms with E-state index >= 15 is 0 Å². The van der Waals surface area contributed by atoms with Crippen LogP contribution in [0.15, 0.2) is 77.2 Å². The van der Waals surface area contributed by atoms with E-state index in [9.17, 15) is 9.90 Å². The molecule has 3 aromatic carbocycles. The van der Waals surface area contributed by atoms with Gasteiger partial charge in [-0.2, -0.15) is 0 Å². The molecule has 0 aliphatic carbocycles. The first-order chi connectivity index (χ1) is 15.4. The molecule has 0 fully saturated rings. The van der Waals surface area contributed by atoms with E-state index in [1.54, 1.807) is 48.5 Å². The van der Waals surface area contributed by atoms with Crippen LogP contribution in [0.25, 0.3) is 28.2 Å². The molecule has 8 heteroatoms. The van der Waals surface area contributed by atoms with Gasteiger partial charge in [-0.05, 0) is 78.3 Å². The Labute approximate surface area is 199 Å². The average molecular weight is 483 g/mol. The molecule has 0 saturated carbocycles. The fourth-order valence-corrected chi connectivity index (χ4v) is 3.83. The number of aromatic hydroxyl groups is 1. The molecule has 4 aromatic rings. The summed E-state index contributed by atoms with van der Waals surface area (Å²) in [5.41, 5.74) is 1.42. The number of thiocarbonyl (C=S) groups is 1. The van der Waals surface area contributed by atoms with Crippen LogP contribution in [0.4, 0.5) is 5.69 Å². The molecule has 4 rings (SSSR count). The fourth-order valence-electron chi connectivity index (χ4n) is 3.12. The lowest BCUT2D eigenvalue weighted by Gasteiger charge is -2.11. The van der Waals surface area contributed by atoms with Crippen LogP contribution in [-0.2, 0) is 4.79 Å². The molecule has 1 aromatic heterocycles. The second-order valence-electron chi connectivity index (χ2n) is 6.81. The van der Waals surface area contributed by atoms with Crippen molar-refractivity contribution in [1.29, 1.82) is 0 Å². The molecule has 0 saturated heterocycles. The number of benzene rings is 3. The number of carbonyl (C=O) groups is 1. The standard InChI is InChI=1S/C24H16Cl2N2O3S/c25-15-4-8-19(20(26)13-15)22-10-6-17(31-22)7-11-23(30)28-24(32)27-21-3-1-2-14-12-16(29)5-9-18(14)21/h1-13,29H,(H2,27,28,30,32)/b11-7+. The van der Waals surface area contributed by atoms with Gasteiger partial charge in [0.15, 0.2) is 5.11 Å². The molecule has 3 N–H and O–H groups in total. The van der Waals surface area contributed by atoms with Gasteiger partial charge >= 0.3 is 0 Å². The molecule has 0 atom stereocenters. The van der Waals surface area contributed by atoms with Gasteiger partial charge in [0, 0.05) is 27.7 Å². The van der Waals surface area contributed by atoms with Crippen LogP contribution in [0.3, 0.4) is 0 Å². The second kappa shape index (κ2) is 9.44. The third-order valence-electron chi connectivity index (χ3n) is 4.57. The van der Waals surface area contributed by atoms with E-state index in [1.807, 2.05) is 18.2 Å². The Morgan fingerprint density at radius 3 is 2.69 bits per heavy atom. The first-order valence-corrected chi connectivity index (χ1v) is 10.6. The van der Waals surface area contributed by atoms with E-state index in [2.05, 4.69) is 10.6 Å². The molecule has 0 spiro atoms. The van der Waals surface area contributed by atoms with Crippen molar-refractivity contribution in [3.63, 3.8) is 0 Å². The maximum Gasteiger partial charge on any atom is 0.250 e. The van der Waals surface area contributed by atoms with Crippen molar-refractivity contribution in [3.05, 3.63) is 88.6 Å². The van der Waals surface area contributed by atoms with Crippen molar-refractivity contribution in [3.8, 4) is 17.1 Å². The normalized spacial score (nSPS) is 11.1. The van der Waals surface area contributed by atoms with Crippen LogP contribution in [0.2, 0.25) is 10.0 Å². The molecule has 0 aliphatic heterocycles. The van der Waals surface area contributed by atoms with Crippen molar-refractivity contribution in [2.75, 3.05) is 5.32 Å². The lowest BCUT2D eigenvalue weighted by Crippen LogP contribution is -2.32. The Bertz CT molecular complexity index is 1360. The summed E-state index contributed by atoms with van der Waals surface area (Å²) in [6.45, 7) is 0. The zero-order valence-electron chi connectivity index (χ0n) is 16.4. The Hall–Kier alpha value is -3.32. The molecular weight excluding hydrogens is 467 g/mol. The maximum absolute atomic E-state index is 12.3. The monoisotopic (exact) mass is 482 g/mol. The van der Waals surface area contributed by atoms with Gasteiger partial charge in [0.1, 0.15) is 17.3 Å². The summed E-state index contributed by atoms with van der Waals surface area (Å²) < 4.78 is 5.74. The van der Waals surface area contributed by atoms with Gasteiger partial charge in [0.05, 0.1) is 5.02 Å². The molecule has 0 bridgehead atoms. The lowest BCUT2D eigenvalue weighted by molar-refractivity contribution is -0.115. The summed E-state index contributed by atoms with van der Waals surface area (Å²) in [5.74, 6) is 0.803. The van der Waals surface area contributed by atoms with Crippen LogP contribution >= 0.6 is 35.4 Å². The number of furan rings is 1. The smallest absolute Gasteiger partial charge is 0.250 e. The summed E-state index contributed by atoms with van der Waals surface area (Å²) in [6.07, 6.45) is 2.85.